The number of carbonyl (C=O) groups excluding carboxylic acids is 1. The van der Waals surface area contributed by atoms with Crippen molar-refractivity contribution in [2.45, 2.75) is 50.7 Å². The lowest BCUT2D eigenvalue weighted by Crippen LogP contribution is -2.41. The number of hydrogen-bond donors (Lipinski definition) is 1. The molecule has 1 N–H and O–H groups in total. The lowest BCUT2D eigenvalue weighted by molar-refractivity contribution is -0.119. The second-order valence-electron chi connectivity index (χ2n) is 7.59. The van der Waals surface area contributed by atoms with Crippen LogP contribution in [0.15, 0.2) is 24.3 Å². The molecule has 1 amide bonds. The van der Waals surface area contributed by atoms with Gasteiger partial charge in [0.25, 0.3) is 0 Å². The highest BCUT2D eigenvalue weighted by Gasteiger charge is 2.35. The SMILES string of the molecule is CN1CCN(C(=O)CC2CC3CCC(C2)N3)c2ccccc2C1.Cl.Cl. The fourth-order valence-corrected chi connectivity index (χ4v) is 4.63. The molecule has 3 aliphatic rings. The van der Waals surface area contributed by atoms with Gasteiger partial charge in [0, 0.05) is 43.8 Å². The first-order chi connectivity index (χ1) is 11.2. The Morgan fingerprint density at radius 2 is 1.80 bits per heavy atom. The first-order valence-corrected chi connectivity index (χ1v) is 9.02. The highest BCUT2D eigenvalue weighted by atomic mass is 35.5. The van der Waals surface area contributed by atoms with Crippen LogP contribution in [0.3, 0.4) is 0 Å². The standard InChI is InChI=1S/C19H27N3O.2ClH/c1-21-8-9-22(18-5-3-2-4-15(18)13-21)19(23)12-14-10-16-6-7-17(11-14)20-16;;/h2-5,14,16-17,20H,6-13H2,1H3;2*1H. The molecule has 1 aromatic rings. The van der Waals surface area contributed by atoms with Gasteiger partial charge < -0.3 is 15.1 Å². The summed E-state index contributed by atoms with van der Waals surface area (Å²) in [6.45, 7) is 2.68. The molecular weight excluding hydrogens is 357 g/mol. The number of fused-ring (bicyclic) bond motifs is 3. The van der Waals surface area contributed by atoms with Gasteiger partial charge in [0.15, 0.2) is 0 Å². The minimum Gasteiger partial charge on any atom is -0.311 e. The largest absolute Gasteiger partial charge is 0.311 e. The summed E-state index contributed by atoms with van der Waals surface area (Å²) in [5.74, 6) is 0.883. The number of hydrogen-bond acceptors (Lipinski definition) is 3. The number of amides is 1. The smallest absolute Gasteiger partial charge is 0.227 e. The van der Waals surface area contributed by atoms with Gasteiger partial charge in [-0.2, -0.15) is 0 Å². The molecule has 140 valence electrons. The maximum Gasteiger partial charge on any atom is 0.227 e. The van der Waals surface area contributed by atoms with Crippen LogP contribution in [0.5, 0.6) is 0 Å². The summed E-state index contributed by atoms with van der Waals surface area (Å²) >= 11 is 0. The molecule has 2 fully saturated rings. The number of nitrogens with one attached hydrogen (secondary N) is 1. The van der Waals surface area contributed by atoms with Crippen LogP contribution in [-0.2, 0) is 11.3 Å². The van der Waals surface area contributed by atoms with Gasteiger partial charge in [-0.05, 0) is 50.3 Å². The predicted octanol–water partition coefficient (Wildman–Crippen LogP) is 3.23. The van der Waals surface area contributed by atoms with Gasteiger partial charge in [-0.1, -0.05) is 18.2 Å². The molecule has 3 aliphatic heterocycles. The Labute approximate surface area is 163 Å². The third-order valence-corrected chi connectivity index (χ3v) is 5.76. The highest BCUT2D eigenvalue weighted by Crippen LogP contribution is 2.34. The number of para-hydroxylation sites is 1. The predicted molar refractivity (Wildman–Crippen MR) is 107 cm³/mol. The van der Waals surface area contributed by atoms with Crippen molar-refractivity contribution in [3.63, 3.8) is 0 Å². The third-order valence-electron chi connectivity index (χ3n) is 5.76. The van der Waals surface area contributed by atoms with Crippen LogP contribution in [-0.4, -0.2) is 43.0 Å². The molecule has 0 radical (unpaired) electrons. The van der Waals surface area contributed by atoms with E-state index >= 15 is 0 Å². The van der Waals surface area contributed by atoms with Gasteiger partial charge in [0.05, 0.1) is 0 Å². The number of anilines is 1. The molecule has 1 aromatic carbocycles. The number of halogens is 2. The molecule has 2 unspecified atom stereocenters. The number of likely N-dealkylation sites (N-methyl/N-ethyl adjacent to an activating group) is 1. The summed E-state index contributed by atoms with van der Waals surface area (Å²) in [7, 11) is 2.13. The van der Waals surface area contributed by atoms with Gasteiger partial charge in [0.1, 0.15) is 0 Å². The number of piperidine rings is 1. The summed E-state index contributed by atoms with van der Waals surface area (Å²) < 4.78 is 0. The number of nitrogens with zero attached hydrogens (tertiary/aromatic N) is 2. The molecule has 2 bridgehead atoms. The van der Waals surface area contributed by atoms with Crippen molar-refractivity contribution in [1.29, 1.82) is 0 Å². The molecule has 6 heteroatoms. The van der Waals surface area contributed by atoms with Gasteiger partial charge in [-0.15, -0.1) is 24.8 Å². The maximum atomic E-state index is 13.0. The Morgan fingerprint density at radius 1 is 1.12 bits per heavy atom. The summed E-state index contributed by atoms with van der Waals surface area (Å²) in [5, 5.41) is 3.67. The van der Waals surface area contributed by atoms with E-state index in [0.29, 0.717) is 30.3 Å². The van der Waals surface area contributed by atoms with Crippen LogP contribution < -0.4 is 10.2 Å². The van der Waals surface area contributed by atoms with Crippen LogP contribution in [0.4, 0.5) is 5.69 Å². The Hall–Kier alpha value is -0.810. The zero-order valence-electron chi connectivity index (χ0n) is 14.8. The topological polar surface area (TPSA) is 35.6 Å². The number of benzene rings is 1. The molecule has 2 saturated heterocycles. The van der Waals surface area contributed by atoms with E-state index in [2.05, 4.69) is 41.5 Å². The Balaban J connectivity index is 0.00000113. The van der Waals surface area contributed by atoms with E-state index < -0.39 is 0 Å². The molecule has 3 heterocycles. The average Bonchev–Trinajstić information content (AvgIpc) is 2.77. The fourth-order valence-electron chi connectivity index (χ4n) is 4.63. The van der Waals surface area contributed by atoms with Crippen molar-refractivity contribution in [1.82, 2.24) is 10.2 Å². The lowest BCUT2D eigenvalue weighted by Gasteiger charge is -2.31. The minimum atomic E-state index is 0. The summed E-state index contributed by atoms with van der Waals surface area (Å²) in [4.78, 5) is 17.4. The molecule has 0 aliphatic carbocycles. The molecule has 0 saturated carbocycles. The van der Waals surface area contributed by atoms with E-state index in [1.165, 1.54) is 31.2 Å². The zero-order chi connectivity index (χ0) is 15.8. The van der Waals surface area contributed by atoms with E-state index in [1.807, 2.05) is 4.90 Å². The Kier molecular flexibility index (Phi) is 7.15. The summed E-state index contributed by atoms with van der Waals surface area (Å²) in [6.07, 6.45) is 5.67. The molecule has 25 heavy (non-hydrogen) atoms. The monoisotopic (exact) mass is 385 g/mol. The third kappa shape index (κ3) is 4.48. The van der Waals surface area contributed by atoms with Crippen molar-refractivity contribution in [3.8, 4) is 0 Å². The van der Waals surface area contributed by atoms with Gasteiger partial charge in [-0.25, -0.2) is 0 Å². The zero-order valence-corrected chi connectivity index (χ0v) is 16.5. The fraction of sp³-hybridized carbons (Fsp3) is 0.632. The molecule has 0 spiro atoms. The number of carbonyl (C=O) groups is 1. The molecular formula is C19H29Cl2N3O. The normalized spacial score (nSPS) is 28.4. The van der Waals surface area contributed by atoms with E-state index in [1.54, 1.807) is 0 Å². The van der Waals surface area contributed by atoms with Crippen molar-refractivity contribution in [2.75, 3.05) is 25.0 Å². The minimum absolute atomic E-state index is 0. The second-order valence-corrected chi connectivity index (χ2v) is 7.59. The van der Waals surface area contributed by atoms with Crippen molar-refractivity contribution in [2.24, 2.45) is 5.92 Å². The van der Waals surface area contributed by atoms with E-state index in [4.69, 9.17) is 0 Å². The lowest BCUT2D eigenvalue weighted by atomic mass is 9.89. The maximum absolute atomic E-state index is 13.0. The van der Waals surface area contributed by atoms with E-state index in [-0.39, 0.29) is 24.8 Å². The van der Waals surface area contributed by atoms with Crippen LogP contribution >= 0.6 is 24.8 Å². The van der Waals surface area contributed by atoms with Crippen molar-refractivity contribution < 1.29 is 4.79 Å². The first kappa shape index (κ1) is 20.5. The Bertz CT molecular complexity index is 586. The average molecular weight is 386 g/mol. The molecule has 0 aromatic heterocycles. The quantitative estimate of drug-likeness (QED) is 0.848. The van der Waals surface area contributed by atoms with Crippen LogP contribution in [0, 0.1) is 5.92 Å². The Morgan fingerprint density at radius 3 is 2.52 bits per heavy atom. The second kappa shape index (κ2) is 8.72. The van der Waals surface area contributed by atoms with Crippen LogP contribution in [0.1, 0.15) is 37.7 Å². The van der Waals surface area contributed by atoms with Gasteiger partial charge in [0.2, 0.25) is 5.91 Å². The molecule has 4 nitrogen and oxygen atoms in total. The van der Waals surface area contributed by atoms with Crippen molar-refractivity contribution in [3.05, 3.63) is 29.8 Å². The van der Waals surface area contributed by atoms with Gasteiger partial charge in [-0.3, -0.25) is 4.79 Å². The number of rotatable bonds is 2. The molecule has 4 rings (SSSR count). The highest BCUT2D eigenvalue weighted by molar-refractivity contribution is 5.94. The van der Waals surface area contributed by atoms with Crippen LogP contribution in [0.25, 0.3) is 0 Å². The molecule has 2 atom stereocenters. The first-order valence-electron chi connectivity index (χ1n) is 9.02. The van der Waals surface area contributed by atoms with Crippen LogP contribution in [0.2, 0.25) is 0 Å². The van der Waals surface area contributed by atoms with Crippen molar-refractivity contribution >= 4 is 36.4 Å². The van der Waals surface area contributed by atoms with Gasteiger partial charge >= 0.3 is 0 Å². The van der Waals surface area contributed by atoms with E-state index in [9.17, 15) is 4.79 Å². The summed E-state index contributed by atoms with van der Waals surface area (Å²) in [6, 6.07) is 9.71. The van der Waals surface area contributed by atoms with E-state index in [0.717, 1.165) is 25.3 Å². The summed E-state index contributed by atoms with van der Waals surface area (Å²) in [5.41, 5.74) is 2.39.